The Bertz CT molecular complexity index is 600. The molecule has 136 valence electrons. The van der Waals surface area contributed by atoms with Crippen LogP contribution < -0.4 is 9.47 Å². The molecule has 4 nitrogen and oxygen atoms in total. The Kier molecular flexibility index (Phi) is 7.76. The molecule has 0 spiro atoms. The zero-order valence-electron chi connectivity index (χ0n) is 15.4. The first-order valence-corrected chi connectivity index (χ1v) is 8.85. The van der Waals surface area contributed by atoms with Crippen LogP contribution in [0.25, 0.3) is 0 Å². The lowest BCUT2D eigenvalue weighted by atomic mass is 10.1. The second-order valence-electron chi connectivity index (χ2n) is 6.31. The third kappa shape index (κ3) is 6.40. The van der Waals surface area contributed by atoms with Crippen LogP contribution in [0.1, 0.15) is 25.8 Å². The maximum atomic E-state index is 10.4. The van der Waals surface area contributed by atoms with Crippen LogP contribution in [-0.4, -0.2) is 42.4 Å². The topological polar surface area (TPSA) is 41.9 Å². The fourth-order valence-electron chi connectivity index (χ4n) is 2.66. The molecule has 0 radical (unpaired) electrons. The van der Waals surface area contributed by atoms with E-state index in [1.54, 1.807) is 7.11 Å². The van der Waals surface area contributed by atoms with Crippen LogP contribution in [0, 0.1) is 0 Å². The van der Waals surface area contributed by atoms with Crippen molar-refractivity contribution in [1.82, 2.24) is 4.90 Å². The molecule has 0 aliphatic rings. The van der Waals surface area contributed by atoms with Gasteiger partial charge in [-0.1, -0.05) is 37.3 Å². The smallest absolute Gasteiger partial charge is 0.119 e. The highest BCUT2D eigenvalue weighted by Crippen LogP contribution is 2.16. The number of aliphatic hydroxyl groups is 1. The van der Waals surface area contributed by atoms with Gasteiger partial charge in [0.15, 0.2) is 0 Å². The second kappa shape index (κ2) is 10.1. The van der Waals surface area contributed by atoms with Crippen molar-refractivity contribution in [1.29, 1.82) is 0 Å². The number of aliphatic hydroxyl groups excluding tert-OH is 1. The van der Waals surface area contributed by atoms with Gasteiger partial charge in [-0.25, -0.2) is 0 Å². The lowest BCUT2D eigenvalue weighted by molar-refractivity contribution is 0.0506. The molecule has 1 N–H and O–H groups in total. The molecule has 2 aromatic carbocycles. The quantitative estimate of drug-likeness (QED) is 0.714. The van der Waals surface area contributed by atoms with Crippen molar-refractivity contribution in [2.75, 3.05) is 20.3 Å². The van der Waals surface area contributed by atoms with Crippen LogP contribution in [0.3, 0.4) is 0 Å². The summed E-state index contributed by atoms with van der Waals surface area (Å²) in [6.07, 6.45) is 0.495. The van der Waals surface area contributed by atoms with E-state index < -0.39 is 6.10 Å². The fraction of sp³-hybridized carbons (Fsp3) is 0.429. The molecule has 2 aromatic rings. The van der Waals surface area contributed by atoms with Gasteiger partial charge >= 0.3 is 0 Å². The van der Waals surface area contributed by atoms with E-state index in [-0.39, 0.29) is 0 Å². The Morgan fingerprint density at radius 3 is 2.28 bits per heavy atom. The Labute approximate surface area is 151 Å². The van der Waals surface area contributed by atoms with Crippen molar-refractivity contribution in [3.8, 4) is 11.5 Å². The highest BCUT2D eigenvalue weighted by atomic mass is 16.5. The average Bonchev–Trinajstić information content (AvgIpc) is 2.66. The molecule has 0 aliphatic carbocycles. The zero-order chi connectivity index (χ0) is 18.1. The van der Waals surface area contributed by atoms with Gasteiger partial charge in [0.25, 0.3) is 0 Å². The van der Waals surface area contributed by atoms with Gasteiger partial charge in [-0.05, 0) is 43.2 Å². The number of para-hydroxylation sites is 1. The number of hydrogen-bond acceptors (Lipinski definition) is 4. The Hall–Kier alpha value is -2.04. The number of nitrogens with zero attached hydrogens (tertiary/aromatic N) is 1. The number of benzene rings is 2. The summed E-state index contributed by atoms with van der Waals surface area (Å²) in [6.45, 7) is 6.02. The van der Waals surface area contributed by atoms with E-state index in [4.69, 9.17) is 9.47 Å². The lowest BCUT2D eigenvalue weighted by Crippen LogP contribution is -2.40. The van der Waals surface area contributed by atoms with Gasteiger partial charge in [-0.3, -0.25) is 4.90 Å². The fourth-order valence-corrected chi connectivity index (χ4v) is 2.66. The molecule has 25 heavy (non-hydrogen) atoms. The first kappa shape index (κ1) is 19.3. The summed E-state index contributed by atoms with van der Waals surface area (Å²) in [7, 11) is 1.67. The highest BCUT2D eigenvalue weighted by Gasteiger charge is 2.17. The van der Waals surface area contributed by atoms with E-state index in [1.165, 1.54) is 5.56 Å². The summed E-state index contributed by atoms with van der Waals surface area (Å²) in [5, 5.41) is 10.4. The van der Waals surface area contributed by atoms with Crippen molar-refractivity contribution in [2.24, 2.45) is 0 Å². The second-order valence-corrected chi connectivity index (χ2v) is 6.31. The van der Waals surface area contributed by atoms with Crippen molar-refractivity contribution in [3.05, 3.63) is 60.2 Å². The molecule has 0 bridgehead atoms. The van der Waals surface area contributed by atoms with Crippen LogP contribution in [0.2, 0.25) is 0 Å². The summed E-state index contributed by atoms with van der Waals surface area (Å²) in [5.74, 6) is 1.64. The molecule has 4 heteroatoms. The number of hydrogen-bond donors (Lipinski definition) is 1. The maximum Gasteiger partial charge on any atom is 0.119 e. The number of rotatable bonds is 10. The molecule has 2 rings (SSSR count). The molecular formula is C21H29NO3. The van der Waals surface area contributed by atoms with Crippen LogP contribution in [0.4, 0.5) is 0 Å². The molecule has 0 fully saturated rings. The summed E-state index contributed by atoms with van der Waals surface area (Å²) < 4.78 is 10.9. The molecule has 0 amide bonds. The minimum Gasteiger partial charge on any atom is -0.497 e. The van der Waals surface area contributed by atoms with E-state index in [0.717, 1.165) is 24.5 Å². The van der Waals surface area contributed by atoms with E-state index >= 15 is 0 Å². The minimum atomic E-state index is -0.535. The molecule has 0 saturated carbocycles. The van der Waals surface area contributed by atoms with Gasteiger partial charge in [0.2, 0.25) is 0 Å². The third-order valence-electron chi connectivity index (χ3n) is 4.39. The van der Waals surface area contributed by atoms with Crippen molar-refractivity contribution < 1.29 is 14.6 Å². The van der Waals surface area contributed by atoms with Crippen molar-refractivity contribution in [2.45, 2.75) is 39.0 Å². The monoisotopic (exact) mass is 343 g/mol. The van der Waals surface area contributed by atoms with Gasteiger partial charge < -0.3 is 14.6 Å². The van der Waals surface area contributed by atoms with Crippen LogP contribution in [0.5, 0.6) is 11.5 Å². The van der Waals surface area contributed by atoms with Gasteiger partial charge in [0.05, 0.1) is 7.11 Å². The van der Waals surface area contributed by atoms with E-state index in [1.807, 2.05) is 42.5 Å². The molecular weight excluding hydrogens is 314 g/mol. The van der Waals surface area contributed by atoms with E-state index in [9.17, 15) is 5.11 Å². The number of methoxy groups -OCH3 is 1. The van der Waals surface area contributed by atoms with Gasteiger partial charge in [0, 0.05) is 19.1 Å². The molecule has 0 aliphatic heterocycles. The zero-order valence-corrected chi connectivity index (χ0v) is 15.4. The molecule has 0 saturated heterocycles. The summed E-state index contributed by atoms with van der Waals surface area (Å²) in [6, 6.07) is 18.1. The van der Waals surface area contributed by atoms with Gasteiger partial charge in [-0.2, -0.15) is 0 Å². The molecule has 0 aromatic heterocycles. The minimum absolute atomic E-state index is 0.291. The largest absolute Gasteiger partial charge is 0.497 e. The summed E-state index contributed by atoms with van der Waals surface area (Å²) in [4.78, 5) is 2.29. The number of ether oxygens (including phenoxy) is 2. The normalized spacial score (nSPS) is 13.5. The standard InChI is InChI=1S/C21H29NO3/c1-4-17(2)22(14-18-10-12-20(24-3)13-11-18)15-19(23)16-25-21-8-6-5-7-9-21/h5-13,17,19,23H,4,14-16H2,1-3H3. The van der Waals surface area contributed by atoms with Crippen LogP contribution in [-0.2, 0) is 6.54 Å². The molecule has 0 heterocycles. The predicted octanol–water partition coefficient (Wildman–Crippen LogP) is 3.74. The first-order chi connectivity index (χ1) is 12.1. The first-order valence-electron chi connectivity index (χ1n) is 8.85. The van der Waals surface area contributed by atoms with E-state index in [2.05, 4.69) is 30.9 Å². The van der Waals surface area contributed by atoms with Crippen LogP contribution in [0.15, 0.2) is 54.6 Å². The van der Waals surface area contributed by atoms with Crippen molar-refractivity contribution in [3.63, 3.8) is 0 Å². The average molecular weight is 343 g/mol. The Balaban J connectivity index is 1.91. The van der Waals surface area contributed by atoms with Gasteiger partial charge in [0.1, 0.15) is 24.2 Å². The maximum absolute atomic E-state index is 10.4. The SMILES string of the molecule is CCC(C)N(Cc1ccc(OC)cc1)CC(O)COc1ccccc1. The summed E-state index contributed by atoms with van der Waals surface area (Å²) in [5.41, 5.74) is 1.21. The van der Waals surface area contributed by atoms with Gasteiger partial charge in [-0.15, -0.1) is 0 Å². The summed E-state index contributed by atoms with van der Waals surface area (Å²) >= 11 is 0. The van der Waals surface area contributed by atoms with E-state index in [0.29, 0.717) is 19.2 Å². The third-order valence-corrected chi connectivity index (χ3v) is 4.39. The van der Waals surface area contributed by atoms with Crippen LogP contribution >= 0.6 is 0 Å². The molecule has 2 unspecified atom stereocenters. The molecule has 2 atom stereocenters. The highest BCUT2D eigenvalue weighted by molar-refractivity contribution is 5.27. The Morgan fingerprint density at radius 2 is 1.68 bits per heavy atom. The van der Waals surface area contributed by atoms with Crippen molar-refractivity contribution >= 4 is 0 Å². The predicted molar refractivity (Wildman–Crippen MR) is 101 cm³/mol. The Morgan fingerprint density at radius 1 is 1.00 bits per heavy atom. The lowest BCUT2D eigenvalue weighted by Gasteiger charge is -2.30.